The van der Waals surface area contributed by atoms with Gasteiger partial charge < -0.3 is 70.4 Å². The Labute approximate surface area is 332 Å². The predicted octanol–water partition coefficient (Wildman–Crippen LogP) is 0.638. The molecule has 1 aliphatic heterocycles. The van der Waals surface area contributed by atoms with Gasteiger partial charge in [-0.25, -0.2) is 4.79 Å². The van der Waals surface area contributed by atoms with Crippen molar-refractivity contribution in [1.29, 1.82) is 0 Å². The number of carbonyl (C=O) groups excluding carboxylic acids is 1. The number of allylic oxidation sites excluding steroid dienone is 1. The summed E-state index contributed by atoms with van der Waals surface area (Å²) in [6.45, 7) is 16.4. The lowest BCUT2D eigenvalue weighted by Crippen LogP contribution is -2.60. The fourth-order valence-corrected chi connectivity index (χ4v) is 6.91. The Hall–Kier alpha value is -2.09. The molecule has 0 radical (unpaired) electrons. The van der Waals surface area contributed by atoms with Gasteiger partial charge in [-0.05, 0) is 62.7 Å². The van der Waals surface area contributed by atoms with Crippen molar-refractivity contribution >= 4 is 5.97 Å². The van der Waals surface area contributed by atoms with E-state index in [1.165, 1.54) is 13.0 Å². The molecule has 1 unspecified atom stereocenters. The molecule has 326 valence electrons. The molecule has 15 heteroatoms. The SMILES string of the molecule is CC[C@H](C)C[C@H](C)/C=C(\C)[C@@H](OC1O[C@H](CO)[C@@H](O)[C@H](O)[C@@H]1O)[C@@H](C)/C=C(\C)[C@@H](O)[C@@H](C)/C=C(\C)[C@@H](O)[C@@H](C)/C=C(\C)C(=O)OC[C@@H](O)[C@@H](O)[C@H](O)[C@H](O)CO. The lowest BCUT2D eigenvalue weighted by Gasteiger charge is -2.41. The van der Waals surface area contributed by atoms with Gasteiger partial charge in [-0.1, -0.05) is 72.3 Å². The minimum absolute atomic E-state index is 0.0990. The normalized spacial score (nSPS) is 28.3. The second kappa shape index (κ2) is 24.7. The van der Waals surface area contributed by atoms with Crippen LogP contribution in [0.15, 0.2) is 46.6 Å². The van der Waals surface area contributed by atoms with Crippen LogP contribution in [0.5, 0.6) is 0 Å². The zero-order valence-corrected chi connectivity index (χ0v) is 34.7. The van der Waals surface area contributed by atoms with E-state index >= 15 is 0 Å². The van der Waals surface area contributed by atoms with Crippen LogP contribution >= 0.6 is 0 Å². The molecule has 0 aliphatic carbocycles. The summed E-state index contributed by atoms with van der Waals surface area (Å²) in [5, 5.41) is 112. The van der Waals surface area contributed by atoms with Crippen LogP contribution in [0.2, 0.25) is 0 Å². The quantitative estimate of drug-likeness (QED) is 0.0385. The van der Waals surface area contributed by atoms with Gasteiger partial charge in [-0.2, -0.15) is 0 Å². The zero-order chi connectivity index (χ0) is 43.2. The second-order valence-electron chi connectivity index (χ2n) is 15.9. The molecule has 15 nitrogen and oxygen atoms in total. The van der Waals surface area contributed by atoms with E-state index in [9.17, 15) is 55.9 Å². The Balaban J connectivity index is 3.16. The van der Waals surface area contributed by atoms with Gasteiger partial charge in [0.15, 0.2) is 6.29 Å². The van der Waals surface area contributed by atoms with Crippen molar-refractivity contribution in [1.82, 2.24) is 0 Å². The number of carbonyl (C=O) groups is 1. The lowest BCUT2D eigenvalue weighted by atomic mass is 9.87. The van der Waals surface area contributed by atoms with E-state index < -0.39 is 111 Å². The molecular weight excluding hydrogens is 732 g/mol. The van der Waals surface area contributed by atoms with Gasteiger partial charge in [0, 0.05) is 23.3 Å². The third kappa shape index (κ3) is 15.6. The van der Waals surface area contributed by atoms with Crippen LogP contribution < -0.4 is 0 Å². The molecule has 56 heavy (non-hydrogen) atoms. The lowest BCUT2D eigenvalue weighted by molar-refractivity contribution is -0.310. The van der Waals surface area contributed by atoms with Gasteiger partial charge in [0.05, 0.1) is 31.5 Å². The molecule has 0 amide bonds. The minimum Gasteiger partial charge on any atom is -0.459 e. The van der Waals surface area contributed by atoms with Crippen molar-refractivity contribution in [2.45, 2.75) is 156 Å². The van der Waals surface area contributed by atoms with Gasteiger partial charge in [-0.15, -0.1) is 0 Å². The molecule has 0 spiro atoms. The Morgan fingerprint density at radius 2 is 1.21 bits per heavy atom. The summed E-state index contributed by atoms with van der Waals surface area (Å²) in [5.41, 5.74) is 2.06. The fraction of sp³-hybridized carbons (Fsp3) is 0.780. The Morgan fingerprint density at radius 3 is 1.73 bits per heavy atom. The van der Waals surface area contributed by atoms with E-state index in [0.717, 1.165) is 18.4 Å². The van der Waals surface area contributed by atoms with Crippen LogP contribution in [-0.2, 0) is 19.0 Å². The Morgan fingerprint density at radius 1 is 0.696 bits per heavy atom. The highest BCUT2D eigenvalue weighted by molar-refractivity contribution is 5.87. The second-order valence-corrected chi connectivity index (χ2v) is 15.9. The highest BCUT2D eigenvalue weighted by Crippen LogP contribution is 2.30. The molecule has 0 saturated carbocycles. The molecule has 1 saturated heterocycles. The third-order valence-electron chi connectivity index (χ3n) is 10.6. The summed E-state index contributed by atoms with van der Waals surface area (Å²) in [5.74, 6) is -1.61. The van der Waals surface area contributed by atoms with Gasteiger partial charge in [0.1, 0.15) is 55.4 Å². The maximum atomic E-state index is 12.5. The summed E-state index contributed by atoms with van der Waals surface area (Å²) in [6, 6.07) is 0. The van der Waals surface area contributed by atoms with E-state index in [1.54, 1.807) is 33.8 Å². The monoisotopic (exact) mass is 804 g/mol. The Kier molecular flexibility index (Phi) is 22.9. The summed E-state index contributed by atoms with van der Waals surface area (Å²) < 4.78 is 17.0. The molecule has 0 aromatic heterocycles. The van der Waals surface area contributed by atoms with Gasteiger partial charge in [0.25, 0.3) is 0 Å². The molecule has 1 heterocycles. The van der Waals surface area contributed by atoms with Crippen molar-refractivity contribution in [3.05, 3.63) is 46.6 Å². The number of aliphatic hydroxyl groups is 11. The first-order chi connectivity index (χ1) is 26.0. The number of hydrogen-bond donors (Lipinski definition) is 11. The van der Waals surface area contributed by atoms with Crippen LogP contribution in [-0.4, -0.2) is 155 Å². The predicted molar refractivity (Wildman–Crippen MR) is 208 cm³/mol. The molecule has 17 atom stereocenters. The Bertz CT molecular complexity index is 1300. The van der Waals surface area contributed by atoms with Crippen LogP contribution in [0.3, 0.4) is 0 Å². The molecule has 1 aliphatic rings. The van der Waals surface area contributed by atoms with E-state index in [2.05, 4.69) is 26.8 Å². The molecule has 0 bridgehead atoms. The minimum atomic E-state index is -1.89. The molecule has 1 rings (SSSR count). The van der Waals surface area contributed by atoms with E-state index in [4.69, 9.17) is 19.3 Å². The highest BCUT2D eigenvalue weighted by Gasteiger charge is 2.45. The van der Waals surface area contributed by atoms with Crippen molar-refractivity contribution in [2.75, 3.05) is 19.8 Å². The number of esters is 1. The highest BCUT2D eigenvalue weighted by atomic mass is 16.7. The van der Waals surface area contributed by atoms with Crippen molar-refractivity contribution in [3.8, 4) is 0 Å². The number of ether oxygens (including phenoxy) is 3. The van der Waals surface area contributed by atoms with Crippen molar-refractivity contribution in [3.63, 3.8) is 0 Å². The van der Waals surface area contributed by atoms with Crippen LogP contribution in [0.4, 0.5) is 0 Å². The van der Waals surface area contributed by atoms with Crippen LogP contribution in [0, 0.1) is 29.6 Å². The summed E-state index contributed by atoms with van der Waals surface area (Å²) in [4.78, 5) is 12.5. The van der Waals surface area contributed by atoms with E-state index in [-0.39, 0.29) is 17.4 Å². The van der Waals surface area contributed by atoms with Crippen molar-refractivity contribution in [2.24, 2.45) is 29.6 Å². The summed E-state index contributed by atoms with van der Waals surface area (Å²) >= 11 is 0. The van der Waals surface area contributed by atoms with Crippen molar-refractivity contribution < 1.29 is 75.2 Å². The molecule has 1 fully saturated rings. The first-order valence-corrected chi connectivity index (χ1v) is 19.6. The number of hydrogen-bond acceptors (Lipinski definition) is 15. The zero-order valence-electron chi connectivity index (χ0n) is 34.7. The average Bonchev–Trinajstić information content (AvgIpc) is 3.16. The summed E-state index contributed by atoms with van der Waals surface area (Å²) in [7, 11) is 0. The first kappa shape index (κ1) is 51.9. The molecule has 0 aromatic carbocycles. The first-order valence-electron chi connectivity index (χ1n) is 19.6. The standard InChI is InChI=1S/C41H72O15/c1-11-20(2)12-21(3)13-26(8)39(56-41-38(52)37(51)36(50)31(18-43)55-41)27(9)15-24(6)32(46)22(4)14-23(5)33(47)25(7)16-28(10)40(53)54-19-30(45)35(49)34(48)29(44)17-42/h13-16,20-22,25,27,29-39,41-52H,11-12,17-19H2,1-10H3/b23-14+,24-15+,26-13+,28-16+/t20-,21-,22-,25-,27-,29+,30+,31+,32-,33+,34+,35+,36+,37-,38-,39+,41?/m0/s1. The van der Waals surface area contributed by atoms with E-state index in [0.29, 0.717) is 17.1 Å². The molecule has 0 aromatic rings. The van der Waals surface area contributed by atoms with Gasteiger partial charge in [0.2, 0.25) is 0 Å². The number of aliphatic hydroxyl groups excluding tert-OH is 11. The maximum Gasteiger partial charge on any atom is 0.333 e. The smallest absolute Gasteiger partial charge is 0.333 e. The van der Waals surface area contributed by atoms with Gasteiger partial charge in [-0.3, -0.25) is 0 Å². The summed E-state index contributed by atoms with van der Waals surface area (Å²) in [6.07, 6.45) is -8.04. The van der Waals surface area contributed by atoms with E-state index in [1.807, 2.05) is 19.9 Å². The number of rotatable bonds is 23. The molecular formula is C41H72O15. The third-order valence-corrected chi connectivity index (χ3v) is 10.6. The molecule has 11 N–H and O–H groups in total. The fourth-order valence-electron chi connectivity index (χ4n) is 6.91. The van der Waals surface area contributed by atoms with Gasteiger partial charge >= 0.3 is 5.97 Å². The maximum absolute atomic E-state index is 12.5. The topological polar surface area (TPSA) is 267 Å². The average molecular weight is 805 g/mol. The van der Waals surface area contributed by atoms with Crippen LogP contribution in [0.25, 0.3) is 0 Å². The van der Waals surface area contributed by atoms with Crippen LogP contribution in [0.1, 0.15) is 82.1 Å². The largest absolute Gasteiger partial charge is 0.459 e.